The van der Waals surface area contributed by atoms with Crippen LogP contribution in [0.1, 0.15) is 0 Å². The van der Waals surface area contributed by atoms with Crippen LogP contribution < -0.4 is 5.32 Å². The number of rotatable bonds is 4. The van der Waals surface area contributed by atoms with Crippen molar-refractivity contribution in [2.75, 3.05) is 32.9 Å². The molecule has 0 spiro atoms. The molecule has 1 aliphatic heterocycles. The molecule has 0 aromatic rings. The van der Waals surface area contributed by atoms with Crippen LogP contribution in [0.2, 0.25) is 0 Å². The summed E-state index contributed by atoms with van der Waals surface area (Å²) < 4.78 is 10.6. The normalized spacial score (nSPS) is 24.9. The highest BCUT2D eigenvalue weighted by Crippen LogP contribution is 1.97. The minimum Gasteiger partial charge on any atom is -0.375 e. The standard InChI is InChI=1S/C8H14NO2/c1-2-4-10-7-8-6-9-3-5-11-8/h2,8H,1,3-7H2. The largest absolute Gasteiger partial charge is 0.375 e. The molecule has 1 unspecified atom stereocenters. The third-order valence-corrected chi connectivity index (χ3v) is 1.48. The van der Waals surface area contributed by atoms with Gasteiger partial charge in [-0.25, -0.2) is 5.32 Å². The third kappa shape index (κ3) is 3.51. The smallest absolute Gasteiger partial charge is 0.0949 e. The summed E-state index contributed by atoms with van der Waals surface area (Å²) in [7, 11) is 0. The number of nitrogens with zero attached hydrogens (tertiary/aromatic N) is 1. The lowest BCUT2D eigenvalue weighted by molar-refractivity contribution is -0.0267. The molecule has 1 aliphatic rings. The Balaban J connectivity index is 2.00. The zero-order chi connectivity index (χ0) is 7.94. The van der Waals surface area contributed by atoms with E-state index >= 15 is 0 Å². The SMILES string of the molecule is C=CCOCC1C[N]CCO1. The van der Waals surface area contributed by atoms with E-state index in [9.17, 15) is 0 Å². The second kappa shape index (κ2) is 5.29. The van der Waals surface area contributed by atoms with Gasteiger partial charge in [0.05, 0.1) is 25.9 Å². The molecule has 0 aromatic carbocycles. The van der Waals surface area contributed by atoms with Crippen LogP contribution in [0.3, 0.4) is 0 Å². The van der Waals surface area contributed by atoms with Crippen molar-refractivity contribution < 1.29 is 9.47 Å². The van der Waals surface area contributed by atoms with Crippen molar-refractivity contribution in [2.45, 2.75) is 6.10 Å². The van der Waals surface area contributed by atoms with E-state index < -0.39 is 0 Å². The first-order valence-electron chi connectivity index (χ1n) is 3.87. The molecule has 0 aromatic heterocycles. The molecule has 1 saturated heterocycles. The van der Waals surface area contributed by atoms with E-state index in [-0.39, 0.29) is 6.10 Å². The number of ether oxygens (including phenoxy) is 2. The molecule has 3 nitrogen and oxygen atoms in total. The highest BCUT2D eigenvalue weighted by Gasteiger charge is 2.13. The lowest BCUT2D eigenvalue weighted by atomic mass is 10.3. The first kappa shape index (κ1) is 8.71. The molecular weight excluding hydrogens is 142 g/mol. The van der Waals surface area contributed by atoms with Gasteiger partial charge in [0.15, 0.2) is 0 Å². The summed E-state index contributed by atoms with van der Waals surface area (Å²) in [4.78, 5) is 0. The average Bonchev–Trinajstić information content (AvgIpc) is 2.07. The van der Waals surface area contributed by atoms with E-state index in [0.29, 0.717) is 13.2 Å². The van der Waals surface area contributed by atoms with Crippen molar-refractivity contribution in [3.63, 3.8) is 0 Å². The molecule has 0 saturated carbocycles. The fourth-order valence-corrected chi connectivity index (χ4v) is 0.956. The monoisotopic (exact) mass is 156 g/mol. The molecule has 0 N–H and O–H groups in total. The summed E-state index contributed by atoms with van der Waals surface area (Å²) in [6, 6.07) is 0. The molecule has 0 amide bonds. The predicted molar refractivity (Wildman–Crippen MR) is 42.6 cm³/mol. The van der Waals surface area contributed by atoms with Gasteiger partial charge in [-0.3, -0.25) is 0 Å². The molecule has 1 radical (unpaired) electrons. The fraction of sp³-hybridized carbons (Fsp3) is 0.750. The Morgan fingerprint density at radius 3 is 3.27 bits per heavy atom. The van der Waals surface area contributed by atoms with Gasteiger partial charge in [-0.1, -0.05) is 6.08 Å². The maximum absolute atomic E-state index is 5.37. The van der Waals surface area contributed by atoms with Crippen LogP contribution >= 0.6 is 0 Å². The Labute approximate surface area is 67.4 Å². The first-order chi connectivity index (χ1) is 5.43. The van der Waals surface area contributed by atoms with Crippen LogP contribution in [0.15, 0.2) is 12.7 Å². The van der Waals surface area contributed by atoms with Crippen molar-refractivity contribution in [2.24, 2.45) is 0 Å². The van der Waals surface area contributed by atoms with E-state index in [1.807, 2.05) is 0 Å². The van der Waals surface area contributed by atoms with Crippen molar-refractivity contribution >= 4 is 0 Å². The topological polar surface area (TPSA) is 32.6 Å². The van der Waals surface area contributed by atoms with Gasteiger partial charge in [-0.2, -0.15) is 0 Å². The molecule has 0 aliphatic carbocycles. The highest BCUT2D eigenvalue weighted by molar-refractivity contribution is 4.68. The van der Waals surface area contributed by atoms with Crippen molar-refractivity contribution in [1.29, 1.82) is 0 Å². The van der Waals surface area contributed by atoms with Gasteiger partial charge in [0.1, 0.15) is 0 Å². The maximum atomic E-state index is 5.37. The van der Waals surface area contributed by atoms with Gasteiger partial charge in [-0.15, -0.1) is 6.58 Å². The lowest BCUT2D eigenvalue weighted by Gasteiger charge is -2.21. The van der Waals surface area contributed by atoms with Crippen LogP contribution in [-0.2, 0) is 9.47 Å². The Morgan fingerprint density at radius 1 is 1.73 bits per heavy atom. The van der Waals surface area contributed by atoms with E-state index in [2.05, 4.69) is 11.9 Å². The summed E-state index contributed by atoms with van der Waals surface area (Å²) in [5, 5.41) is 4.21. The predicted octanol–water partition coefficient (Wildman–Crippen LogP) is 0.192. The quantitative estimate of drug-likeness (QED) is 0.430. The minimum atomic E-state index is 0.170. The van der Waals surface area contributed by atoms with Gasteiger partial charge in [0.2, 0.25) is 0 Å². The lowest BCUT2D eigenvalue weighted by Crippen LogP contribution is -2.37. The maximum Gasteiger partial charge on any atom is 0.0949 e. The molecule has 3 heteroatoms. The Bertz CT molecular complexity index is 111. The second-order valence-electron chi connectivity index (χ2n) is 2.45. The van der Waals surface area contributed by atoms with Crippen LogP contribution in [0.25, 0.3) is 0 Å². The molecule has 1 rings (SSSR count). The summed E-state index contributed by atoms with van der Waals surface area (Å²) in [5.41, 5.74) is 0. The van der Waals surface area contributed by atoms with Gasteiger partial charge >= 0.3 is 0 Å². The fourth-order valence-electron chi connectivity index (χ4n) is 0.956. The zero-order valence-corrected chi connectivity index (χ0v) is 6.66. The van der Waals surface area contributed by atoms with Gasteiger partial charge in [0, 0.05) is 13.1 Å². The van der Waals surface area contributed by atoms with Crippen LogP contribution in [0.4, 0.5) is 0 Å². The summed E-state index contributed by atoms with van der Waals surface area (Å²) in [6.45, 7) is 7.13. The highest BCUT2D eigenvalue weighted by atomic mass is 16.5. The van der Waals surface area contributed by atoms with Gasteiger partial charge in [-0.05, 0) is 0 Å². The van der Waals surface area contributed by atoms with Crippen molar-refractivity contribution in [3.8, 4) is 0 Å². The molecule has 1 atom stereocenters. The number of hydrogen-bond acceptors (Lipinski definition) is 2. The Hall–Kier alpha value is -0.380. The second-order valence-corrected chi connectivity index (χ2v) is 2.45. The summed E-state index contributed by atoms with van der Waals surface area (Å²) >= 11 is 0. The minimum absolute atomic E-state index is 0.170. The number of morpholine rings is 1. The van der Waals surface area contributed by atoms with E-state index in [1.54, 1.807) is 6.08 Å². The van der Waals surface area contributed by atoms with E-state index in [1.165, 1.54) is 0 Å². The van der Waals surface area contributed by atoms with Gasteiger partial charge < -0.3 is 9.47 Å². The molecule has 0 bridgehead atoms. The number of hydrogen-bond donors (Lipinski definition) is 0. The summed E-state index contributed by atoms with van der Waals surface area (Å²) in [5.74, 6) is 0. The van der Waals surface area contributed by atoms with Crippen LogP contribution in [-0.4, -0.2) is 39.0 Å². The molecule has 11 heavy (non-hydrogen) atoms. The first-order valence-corrected chi connectivity index (χ1v) is 3.87. The zero-order valence-electron chi connectivity index (χ0n) is 6.66. The molecule has 1 fully saturated rings. The van der Waals surface area contributed by atoms with Crippen molar-refractivity contribution in [1.82, 2.24) is 5.32 Å². The Kier molecular flexibility index (Phi) is 4.19. The van der Waals surface area contributed by atoms with E-state index in [0.717, 1.165) is 19.7 Å². The van der Waals surface area contributed by atoms with Crippen molar-refractivity contribution in [3.05, 3.63) is 12.7 Å². The van der Waals surface area contributed by atoms with Gasteiger partial charge in [0.25, 0.3) is 0 Å². The summed E-state index contributed by atoms with van der Waals surface area (Å²) in [6.07, 6.45) is 1.91. The van der Waals surface area contributed by atoms with Crippen LogP contribution in [0, 0.1) is 0 Å². The average molecular weight is 156 g/mol. The molecule has 63 valence electrons. The van der Waals surface area contributed by atoms with Crippen LogP contribution in [0.5, 0.6) is 0 Å². The van der Waals surface area contributed by atoms with E-state index in [4.69, 9.17) is 9.47 Å². The Morgan fingerprint density at radius 2 is 2.64 bits per heavy atom. The third-order valence-electron chi connectivity index (χ3n) is 1.48. The molecular formula is C8H14NO2. The molecule has 1 heterocycles.